The number of carboxylic acid groups (broad SMARTS) is 1. The highest BCUT2D eigenvalue weighted by Crippen LogP contribution is 2.32. The first-order chi connectivity index (χ1) is 9.20. The Morgan fingerprint density at radius 1 is 1.35 bits per heavy atom. The quantitative estimate of drug-likeness (QED) is 0.889. The first-order valence-electron chi connectivity index (χ1n) is 5.40. The van der Waals surface area contributed by atoms with Crippen molar-refractivity contribution < 1.29 is 28.2 Å². The van der Waals surface area contributed by atoms with Crippen molar-refractivity contribution in [1.82, 2.24) is 9.78 Å². The number of rotatable bonds is 2. The molecule has 0 amide bonds. The van der Waals surface area contributed by atoms with Gasteiger partial charge in [-0.15, -0.1) is 0 Å². The molecule has 20 heavy (non-hydrogen) atoms. The monoisotopic (exact) mass is 286 g/mol. The summed E-state index contributed by atoms with van der Waals surface area (Å²) in [6.07, 6.45) is -3.57. The summed E-state index contributed by atoms with van der Waals surface area (Å²) in [5, 5.41) is 21.7. The summed E-state index contributed by atoms with van der Waals surface area (Å²) in [4.78, 5) is 10.8. The molecule has 0 aliphatic carbocycles. The molecule has 0 saturated carbocycles. The van der Waals surface area contributed by atoms with E-state index in [9.17, 15) is 23.1 Å². The zero-order chi connectivity index (χ0) is 15.1. The highest BCUT2D eigenvalue weighted by atomic mass is 19.4. The van der Waals surface area contributed by atoms with Crippen LogP contribution < -0.4 is 0 Å². The summed E-state index contributed by atoms with van der Waals surface area (Å²) in [5.41, 5.74) is -1.01. The summed E-state index contributed by atoms with van der Waals surface area (Å²) in [6, 6.07) is 3.00. The second kappa shape index (κ2) is 4.55. The minimum absolute atomic E-state index is 0.0441. The van der Waals surface area contributed by atoms with E-state index in [1.54, 1.807) is 6.92 Å². The zero-order valence-electron chi connectivity index (χ0n) is 10.1. The molecular weight excluding hydrogens is 277 g/mol. The second-order valence-corrected chi connectivity index (χ2v) is 4.11. The number of aryl methyl sites for hydroxylation is 1. The number of aromatic nitrogens is 2. The van der Waals surface area contributed by atoms with E-state index in [0.29, 0.717) is 5.56 Å². The van der Waals surface area contributed by atoms with Gasteiger partial charge in [0.05, 0.1) is 17.4 Å². The Labute approximate surface area is 110 Å². The van der Waals surface area contributed by atoms with Gasteiger partial charge in [0, 0.05) is 0 Å². The number of aromatic hydroxyl groups is 1. The molecule has 5 nitrogen and oxygen atoms in total. The molecular formula is C12H9F3N2O3. The van der Waals surface area contributed by atoms with E-state index in [-0.39, 0.29) is 5.69 Å². The van der Waals surface area contributed by atoms with Crippen molar-refractivity contribution >= 4 is 5.97 Å². The van der Waals surface area contributed by atoms with Crippen LogP contribution in [0.5, 0.6) is 5.75 Å². The fourth-order valence-electron chi connectivity index (χ4n) is 1.67. The molecule has 2 aromatic rings. The minimum Gasteiger partial charge on any atom is -0.504 e. The Morgan fingerprint density at radius 2 is 2.00 bits per heavy atom. The van der Waals surface area contributed by atoms with Crippen LogP contribution in [-0.4, -0.2) is 26.0 Å². The number of halogens is 3. The van der Waals surface area contributed by atoms with Crippen molar-refractivity contribution in [3.05, 3.63) is 41.2 Å². The molecule has 0 saturated heterocycles. The first-order valence-corrected chi connectivity index (χ1v) is 5.40. The fraction of sp³-hybridized carbons (Fsp3) is 0.167. The van der Waals surface area contributed by atoms with Crippen LogP contribution in [0.15, 0.2) is 24.4 Å². The maximum absolute atomic E-state index is 12.7. The average Bonchev–Trinajstić information content (AvgIpc) is 2.70. The number of carbonyl (C=O) groups is 1. The molecule has 2 N–H and O–H groups in total. The maximum Gasteiger partial charge on any atom is 0.416 e. The topological polar surface area (TPSA) is 75.4 Å². The van der Waals surface area contributed by atoms with Crippen LogP contribution in [-0.2, 0) is 6.18 Å². The molecule has 1 aromatic carbocycles. The van der Waals surface area contributed by atoms with Crippen molar-refractivity contribution in [3.8, 4) is 11.4 Å². The van der Waals surface area contributed by atoms with Crippen LogP contribution in [0.2, 0.25) is 0 Å². The Hall–Kier alpha value is -2.51. The number of carboxylic acids is 1. The van der Waals surface area contributed by atoms with Gasteiger partial charge < -0.3 is 10.2 Å². The molecule has 106 valence electrons. The van der Waals surface area contributed by atoms with E-state index < -0.39 is 29.2 Å². The zero-order valence-corrected chi connectivity index (χ0v) is 10.1. The maximum atomic E-state index is 12.7. The average molecular weight is 286 g/mol. The summed E-state index contributed by atoms with van der Waals surface area (Å²) in [6.45, 7) is 1.55. The molecule has 0 unspecified atom stereocenters. The number of aromatic carboxylic acids is 1. The molecule has 0 atom stereocenters. The Balaban J connectivity index is 2.57. The van der Waals surface area contributed by atoms with Crippen molar-refractivity contribution in [1.29, 1.82) is 0 Å². The Kier molecular flexibility index (Phi) is 3.16. The molecule has 0 spiro atoms. The molecule has 0 aliphatic rings. The lowest BCUT2D eigenvalue weighted by Crippen LogP contribution is -2.08. The summed E-state index contributed by atoms with van der Waals surface area (Å²) in [7, 11) is 0. The van der Waals surface area contributed by atoms with E-state index in [4.69, 9.17) is 5.11 Å². The number of nitrogens with zero attached hydrogens (tertiary/aromatic N) is 2. The van der Waals surface area contributed by atoms with E-state index in [0.717, 1.165) is 23.0 Å². The van der Waals surface area contributed by atoms with E-state index in [2.05, 4.69) is 5.10 Å². The number of hydrogen-bond acceptors (Lipinski definition) is 3. The van der Waals surface area contributed by atoms with Crippen LogP contribution in [0.4, 0.5) is 13.2 Å². The van der Waals surface area contributed by atoms with Gasteiger partial charge in [0.2, 0.25) is 5.69 Å². The highest BCUT2D eigenvalue weighted by molar-refractivity contribution is 5.88. The second-order valence-electron chi connectivity index (χ2n) is 4.11. The predicted molar refractivity (Wildman–Crippen MR) is 61.9 cm³/mol. The van der Waals surface area contributed by atoms with Gasteiger partial charge in [0.1, 0.15) is 0 Å². The van der Waals surface area contributed by atoms with Crippen LogP contribution in [0.1, 0.15) is 21.6 Å². The molecule has 1 heterocycles. The summed E-state index contributed by atoms with van der Waals surface area (Å²) < 4.78 is 38.9. The van der Waals surface area contributed by atoms with Gasteiger partial charge in [-0.3, -0.25) is 0 Å². The third kappa shape index (κ3) is 2.44. The van der Waals surface area contributed by atoms with Gasteiger partial charge >= 0.3 is 12.1 Å². The first kappa shape index (κ1) is 13.9. The lowest BCUT2D eigenvalue weighted by Gasteiger charge is -2.11. The summed E-state index contributed by atoms with van der Waals surface area (Å²) >= 11 is 0. The number of hydrogen-bond donors (Lipinski definition) is 2. The number of alkyl halides is 3. The van der Waals surface area contributed by atoms with Crippen LogP contribution >= 0.6 is 0 Å². The van der Waals surface area contributed by atoms with Gasteiger partial charge in [0.25, 0.3) is 0 Å². The SMILES string of the molecule is Cc1ccc(C(F)(F)F)cc1-n1cc(O)c(C(=O)O)n1. The predicted octanol–water partition coefficient (Wildman–Crippen LogP) is 2.60. The van der Waals surface area contributed by atoms with Gasteiger partial charge in [0.15, 0.2) is 5.75 Å². The normalized spacial score (nSPS) is 11.6. The molecule has 1 aromatic heterocycles. The molecule has 0 fully saturated rings. The van der Waals surface area contributed by atoms with Gasteiger partial charge in [-0.1, -0.05) is 6.07 Å². The Bertz CT molecular complexity index is 677. The largest absolute Gasteiger partial charge is 0.504 e. The van der Waals surface area contributed by atoms with Crippen LogP contribution in [0, 0.1) is 6.92 Å². The van der Waals surface area contributed by atoms with Gasteiger partial charge in [-0.05, 0) is 24.6 Å². The molecule has 0 aliphatic heterocycles. The van der Waals surface area contributed by atoms with Crippen LogP contribution in [0.25, 0.3) is 5.69 Å². The molecule has 2 rings (SSSR count). The smallest absolute Gasteiger partial charge is 0.416 e. The van der Waals surface area contributed by atoms with Crippen molar-refractivity contribution in [2.24, 2.45) is 0 Å². The van der Waals surface area contributed by atoms with Crippen molar-refractivity contribution in [2.45, 2.75) is 13.1 Å². The minimum atomic E-state index is -4.52. The number of benzene rings is 1. The lowest BCUT2D eigenvalue weighted by molar-refractivity contribution is -0.137. The molecule has 8 heteroatoms. The van der Waals surface area contributed by atoms with Crippen molar-refractivity contribution in [2.75, 3.05) is 0 Å². The van der Waals surface area contributed by atoms with Crippen LogP contribution in [0.3, 0.4) is 0 Å². The van der Waals surface area contributed by atoms with E-state index in [1.165, 1.54) is 6.07 Å². The summed E-state index contributed by atoms with van der Waals surface area (Å²) in [5.74, 6) is -2.08. The highest BCUT2D eigenvalue weighted by Gasteiger charge is 2.31. The van der Waals surface area contributed by atoms with E-state index in [1.807, 2.05) is 0 Å². The van der Waals surface area contributed by atoms with Gasteiger partial charge in [-0.25, -0.2) is 9.48 Å². The third-order valence-electron chi connectivity index (χ3n) is 2.68. The molecule has 0 bridgehead atoms. The van der Waals surface area contributed by atoms with E-state index >= 15 is 0 Å². The van der Waals surface area contributed by atoms with Gasteiger partial charge in [-0.2, -0.15) is 18.3 Å². The lowest BCUT2D eigenvalue weighted by atomic mass is 10.1. The standard InChI is InChI=1S/C12H9F3N2O3/c1-6-2-3-7(12(13,14)15)4-8(6)17-5-9(18)10(16-17)11(19)20/h2-5,18H,1H3,(H,19,20). The third-order valence-corrected chi connectivity index (χ3v) is 2.68. The Morgan fingerprint density at radius 3 is 2.50 bits per heavy atom. The fourth-order valence-corrected chi connectivity index (χ4v) is 1.67. The molecule has 0 radical (unpaired) electrons. The van der Waals surface area contributed by atoms with Crippen molar-refractivity contribution in [3.63, 3.8) is 0 Å².